The van der Waals surface area contributed by atoms with E-state index in [1.54, 1.807) is 18.2 Å². The standard InChI is InChI=1S/C11H12ClNO3/c1-13(7-16-2)11(15)10(14)8-5-3-4-6-9(8)12/h3-6H,7H2,1-2H3. The number of methoxy groups -OCH3 is 1. The van der Waals surface area contributed by atoms with Crippen molar-refractivity contribution in [3.8, 4) is 0 Å². The smallest absolute Gasteiger partial charge is 0.296 e. The summed E-state index contributed by atoms with van der Waals surface area (Å²) in [6.07, 6.45) is 0. The Bertz CT molecular complexity index is 406. The maximum atomic E-state index is 11.8. The molecule has 0 fully saturated rings. The van der Waals surface area contributed by atoms with Crippen LogP contribution in [0, 0.1) is 0 Å². The van der Waals surface area contributed by atoms with Gasteiger partial charge < -0.3 is 9.64 Å². The molecule has 0 radical (unpaired) electrons. The van der Waals surface area contributed by atoms with Gasteiger partial charge in [0.1, 0.15) is 6.73 Å². The first kappa shape index (κ1) is 12.7. The fourth-order valence-electron chi connectivity index (χ4n) is 1.19. The summed E-state index contributed by atoms with van der Waals surface area (Å²) in [4.78, 5) is 24.6. The molecule has 0 heterocycles. The summed E-state index contributed by atoms with van der Waals surface area (Å²) in [5, 5.41) is 0.270. The van der Waals surface area contributed by atoms with Crippen molar-refractivity contribution in [1.29, 1.82) is 0 Å². The summed E-state index contributed by atoms with van der Waals surface area (Å²) >= 11 is 5.82. The van der Waals surface area contributed by atoms with Gasteiger partial charge in [-0.1, -0.05) is 23.7 Å². The average molecular weight is 242 g/mol. The minimum absolute atomic E-state index is 0.0645. The average Bonchev–Trinajstić information content (AvgIpc) is 2.28. The third-order valence-electron chi connectivity index (χ3n) is 1.98. The Morgan fingerprint density at radius 2 is 2.00 bits per heavy atom. The minimum atomic E-state index is -0.644. The van der Waals surface area contributed by atoms with Gasteiger partial charge in [0.2, 0.25) is 0 Å². The van der Waals surface area contributed by atoms with Crippen LogP contribution < -0.4 is 0 Å². The van der Waals surface area contributed by atoms with Crippen molar-refractivity contribution in [3.63, 3.8) is 0 Å². The van der Waals surface area contributed by atoms with Crippen LogP contribution in [0.4, 0.5) is 0 Å². The number of ether oxygens (including phenoxy) is 1. The molecule has 0 aromatic heterocycles. The molecule has 0 N–H and O–H groups in total. The molecule has 16 heavy (non-hydrogen) atoms. The number of carbonyl (C=O) groups excluding carboxylic acids is 2. The van der Waals surface area contributed by atoms with E-state index in [9.17, 15) is 9.59 Å². The first-order valence-electron chi connectivity index (χ1n) is 4.61. The van der Waals surface area contributed by atoms with Crippen LogP contribution in [0.25, 0.3) is 0 Å². The van der Waals surface area contributed by atoms with E-state index >= 15 is 0 Å². The highest BCUT2D eigenvalue weighted by atomic mass is 35.5. The maximum absolute atomic E-state index is 11.8. The molecule has 0 saturated heterocycles. The van der Waals surface area contributed by atoms with Crippen LogP contribution in [-0.4, -0.2) is 37.5 Å². The SMILES string of the molecule is COCN(C)C(=O)C(=O)c1ccccc1Cl. The topological polar surface area (TPSA) is 46.6 Å². The second kappa shape index (κ2) is 5.63. The third kappa shape index (κ3) is 2.81. The zero-order valence-corrected chi connectivity index (χ0v) is 9.82. The number of hydrogen-bond donors (Lipinski definition) is 0. The van der Waals surface area contributed by atoms with Gasteiger partial charge >= 0.3 is 0 Å². The first-order valence-corrected chi connectivity index (χ1v) is 4.99. The van der Waals surface area contributed by atoms with E-state index in [0.29, 0.717) is 0 Å². The van der Waals surface area contributed by atoms with Crippen LogP contribution >= 0.6 is 11.6 Å². The van der Waals surface area contributed by atoms with Crippen molar-refractivity contribution in [2.45, 2.75) is 0 Å². The number of Topliss-reactive ketones (excluding diaryl/α,β-unsaturated/α-hetero) is 1. The van der Waals surface area contributed by atoms with E-state index in [1.165, 1.54) is 25.1 Å². The van der Waals surface area contributed by atoms with Crippen molar-refractivity contribution in [2.24, 2.45) is 0 Å². The predicted molar refractivity (Wildman–Crippen MR) is 60.4 cm³/mol. The summed E-state index contributed by atoms with van der Waals surface area (Å²) in [5.41, 5.74) is 0.206. The Morgan fingerprint density at radius 1 is 1.38 bits per heavy atom. The van der Waals surface area contributed by atoms with Crippen LogP contribution in [0.5, 0.6) is 0 Å². The molecule has 5 heteroatoms. The van der Waals surface area contributed by atoms with Crippen molar-refractivity contribution < 1.29 is 14.3 Å². The van der Waals surface area contributed by atoms with Gasteiger partial charge in [0, 0.05) is 19.7 Å². The lowest BCUT2D eigenvalue weighted by molar-refractivity contribution is -0.129. The third-order valence-corrected chi connectivity index (χ3v) is 2.31. The second-order valence-electron chi connectivity index (χ2n) is 3.23. The van der Waals surface area contributed by atoms with Gasteiger partial charge in [-0.2, -0.15) is 0 Å². The Balaban J connectivity index is 2.87. The van der Waals surface area contributed by atoms with Crippen LogP contribution in [0.1, 0.15) is 10.4 Å². The lowest BCUT2D eigenvalue weighted by Crippen LogP contribution is -2.34. The molecule has 0 bridgehead atoms. The van der Waals surface area contributed by atoms with E-state index in [1.807, 2.05) is 0 Å². The normalized spacial score (nSPS) is 9.94. The molecule has 0 unspecified atom stereocenters. The van der Waals surface area contributed by atoms with Crippen LogP contribution in [0.2, 0.25) is 5.02 Å². The molecule has 4 nitrogen and oxygen atoms in total. The summed E-state index contributed by atoms with van der Waals surface area (Å²) in [5.74, 6) is -1.28. The molecule has 0 saturated carbocycles. The number of likely N-dealkylation sites (N-methyl/N-ethyl adjacent to an activating group) is 1. The number of benzene rings is 1. The molecule has 0 aliphatic carbocycles. The molecule has 0 atom stereocenters. The molecule has 1 rings (SSSR count). The van der Waals surface area contributed by atoms with E-state index in [-0.39, 0.29) is 17.3 Å². The molecule has 0 aliphatic heterocycles. The van der Waals surface area contributed by atoms with Gasteiger partial charge in [0.05, 0.1) is 5.02 Å². The molecular formula is C11H12ClNO3. The van der Waals surface area contributed by atoms with Gasteiger partial charge in [0.15, 0.2) is 0 Å². The maximum Gasteiger partial charge on any atom is 0.296 e. The first-order chi connectivity index (χ1) is 7.57. The highest BCUT2D eigenvalue weighted by Gasteiger charge is 2.21. The Labute approximate surface area is 98.8 Å². The van der Waals surface area contributed by atoms with E-state index in [2.05, 4.69) is 0 Å². The number of halogens is 1. The summed E-state index contributed by atoms with van der Waals surface area (Å²) in [7, 11) is 2.93. The molecule has 1 aromatic carbocycles. The van der Waals surface area contributed by atoms with E-state index in [4.69, 9.17) is 16.3 Å². The summed E-state index contributed by atoms with van der Waals surface area (Å²) in [6, 6.07) is 6.44. The fraction of sp³-hybridized carbons (Fsp3) is 0.273. The van der Waals surface area contributed by atoms with Crippen molar-refractivity contribution in [1.82, 2.24) is 4.90 Å². The highest BCUT2D eigenvalue weighted by molar-refractivity contribution is 6.46. The van der Waals surface area contributed by atoms with Gasteiger partial charge in [-0.15, -0.1) is 0 Å². The van der Waals surface area contributed by atoms with Gasteiger partial charge in [-0.3, -0.25) is 9.59 Å². The van der Waals surface area contributed by atoms with Crippen molar-refractivity contribution in [3.05, 3.63) is 34.9 Å². The number of hydrogen-bond acceptors (Lipinski definition) is 3. The van der Waals surface area contributed by atoms with Gasteiger partial charge in [0.25, 0.3) is 11.7 Å². The van der Waals surface area contributed by atoms with Crippen LogP contribution in [0.15, 0.2) is 24.3 Å². The number of rotatable bonds is 4. The quantitative estimate of drug-likeness (QED) is 0.457. The number of amides is 1. The Morgan fingerprint density at radius 3 is 2.56 bits per heavy atom. The van der Waals surface area contributed by atoms with E-state index < -0.39 is 11.7 Å². The number of ketones is 1. The van der Waals surface area contributed by atoms with Gasteiger partial charge in [-0.05, 0) is 12.1 Å². The predicted octanol–water partition coefficient (Wildman–Crippen LogP) is 1.58. The van der Waals surface area contributed by atoms with E-state index in [0.717, 1.165) is 0 Å². The molecule has 0 aliphatic rings. The van der Waals surface area contributed by atoms with Crippen LogP contribution in [0.3, 0.4) is 0 Å². The monoisotopic (exact) mass is 241 g/mol. The lowest BCUT2D eigenvalue weighted by Gasteiger charge is -2.14. The Kier molecular flexibility index (Phi) is 4.46. The lowest BCUT2D eigenvalue weighted by atomic mass is 10.1. The van der Waals surface area contributed by atoms with Crippen LogP contribution in [-0.2, 0) is 9.53 Å². The largest absolute Gasteiger partial charge is 0.364 e. The second-order valence-corrected chi connectivity index (χ2v) is 3.64. The van der Waals surface area contributed by atoms with Crippen molar-refractivity contribution >= 4 is 23.3 Å². The number of nitrogens with zero attached hydrogens (tertiary/aromatic N) is 1. The zero-order valence-electron chi connectivity index (χ0n) is 9.07. The Hall–Kier alpha value is -1.39. The molecule has 1 aromatic rings. The highest BCUT2D eigenvalue weighted by Crippen LogP contribution is 2.16. The molecule has 86 valence electrons. The zero-order chi connectivity index (χ0) is 12.1. The van der Waals surface area contributed by atoms with Crippen molar-refractivity contribution in [2.75, 3.05) is 20.9 Å². The molecular weight excluding hydrogens is 230 g/mol. The minimum Gasteiger partial charge on any atom is -0.364 e. The molecule has 0 spiro atoms. The number of carbonyl (C=O) groups is 2. The molecule has 1 amide bonds. The van der Waals surface area contributed by atoms with Gasteiger partial charge in [-0.25, -0.2) is 0 Å². The fourth-order valence-corrected chi connectivity index (χ4v) is 1.41. The summed E-state index contributed by atoms with van der Waals surface area (Å²) < 4.78 is 4.76. The summed E-state index contributed by atoms with van der Waals surface area (Å²) in [6.45, 7) is 0.0645.